The van der Waals surface area contributed by atoms with E-state index in [1.54, 1.807) is 18.4 Å². The van der Waals surface area contributed by atoms with E-state index < -0.39 is 0 Å². The van der Waals surface area contributed by atoms with Gasteiger partial charge in [0.25, 0.3) is 0 Å². The summed E-state index contributed by atoms with van der Waals surface area (Å²) in [4.78, 5) is 14.6. The van der Waals surface area contributed by atoms with Gasteiger partial charge in [-0.1, -0.05) is 30.3 Å². The number of nitrogens with zero attached hydrogens (tertiary/aromatic N) is 4. The summed E-state index contributed by atoms with van der Waals surface area (Å²) in [5.41, 5.74) is 2.47. The van der Waals surface area contributed by atoms with E-state index in [0.29, 0.717) is 13.1 Å². The average Bonchev–Trinajstić information content (AvgIpc) is 3.29. The van der Waals surface area contributed by atoms with Crippen molar-refractivity contribution in [2.24, 2.45) is 4.99 Å². The first kappa shape index (κ1) is 23.3. The molecule has 3 aromatic rings. The minimum atomic E-state index is 0. The molecule has 0 aliphatic heterocycles. The van der Waals surface area contributed by atoms with Crippen LogP contribution >= 0.6 is 35.3 Å². The van der Waals surface area contributed by atoms with Crippen LogP contribution in [-0.4, -0.2) is 27.5 Å². The SMILES string of the molecule is CN=C(NCc1nc(C)c(C)s1)NCc1nccn1CCCc1ccccc1.I. The van der Waals surface area contributed by atoms with Crippen LogP contribution in [0.4, 0.5) is 0 Å². The minimum Gasteiger partial charge on any atom is -0.350 e. The third kappa shape index (κ3) is 7.11. The van der Waals surface area contributed by atoms with Gasteiger partial charge in [0.05, 0.1) is 18.8 Å². The Labute approximate surface area is 193 Å². The number of imidazole rings is 1. The molecule has 8 heteroatoms. The highest BCUT2D eigenvalue weighted by Crippen LogP contribution is 2.15. The molecule has 156 valence electrons. The number of aliphatic imine (C=N–C) groups is 1. The smallest absolute Gasteiger partial charge is 0.191 e. The van der Waals surface area contributed by atoms with Crippen LogP contribution in [0.2, 0.25) is 0 Å². The molecule has 0 saturated carbocycles. The molecule has 3 rings (SSSR count). The van der Waals surface area contributed by atoms with Crippen LogP contribution in [0.3, 0.4) is 0 Å². The van der Waals surface area contributed by atoms with Crippen molar-refractivity contribution >= 4 is 41.3 Å². The van der Waals surface area contributed by atoms with Gasteiger partial charge in [-0.15, -0.1) is 35.3 Å². The molecule has 0 saturated heterocycles. The Kier molecular flexibility index (Phi) is 9.59. The van der Waals surface area contributed by atoms with Gasteiger partial charge in [-0.25, -0.2) is 9.97 Å². The van der Waals surface area contributed by atoms with Crippen molar-refractivity contribution in [2.75, 3.05) is 7.05 Å². The molecular formula is C21H29IN6S. The first-order chi connectivity index (χ1) is 13.7. The molecule has 29 heavy (non-hydrogen) atoms. The lowest BCUT2D eigenvalue weighted by Gasteiger charge is -2.12. The predicted octanol–water partition coefficient (Wildman–Crippen LogP) is 4.07. The van der Waals surface area contributed by atoms with E-state index in [4.69, 9.17) is 0 Å². The van der Waals surface area contributed by atoms with E-state index >= 15 is 0 Å². The first-order valence-electron chi connectivity index (χ1n) is 9.57. The van der Waals surface area contributed by atoms with Gasteiger partial charge in [-0.2, -0.15) is 0 Å². The fourth-order valence-corrected chi connectivity index (χ4v) is 3.84. The van der Waals surface area contributed by atoms with Crippen LogP contribution < -0.4 is 10.6 Å². The number of hydrogen-bond acceptors (Lipinski definition) is 4. The van der Waals surface area contributed by atoms with E-state index in [1.165, 1.54) is 10.4 Å². The van der Waals surface area contributed by atoms with E-state index in [2.05, 4.69) is 67.4 Å². The molecule has 1 aromatic carbocycles. The third-order valence-corrected chi connectivity index (χ3v) is 5.70. The second-order valence-corrected chi connectivity index (χ2v) is 7.94. The Morgan fingerprint density at radius 3 is 2.59 bits per heavy atom. The Morgan fingerprint density at radius 2 is 1.90 bits per heavy atom. The third-order valence-electron chi connectivity index (χ3n) is 4.63. The van der Waals surface area contributed by atoms with Gasteiger partial charge in [0.15, 0.2) is 5.96 Å². The Balaban J connectivity index is 0.00000300. The van der Waals surface area contributed by atoms with Gasteiger partial charge in [0, 0.05) is 30.9 Å². The van der Waals surface area contributed by atoms with Crippen LogP contribution in [0.15, 0.2) is 47.7 Å². The number of nitrogens with one attached hydrogen (secondary N) is 2. The van der Waals surface area contributed by atoms with Crippen LogP contribution in [0.5, 0.6) is 0 Å². The van der Waals surface area contributed by atoms with E-state index in [-0.39, 0.29) is 24.0 Å². The summed E-state index contributed by atoms with van der Waals surface area (Å²) in [5, 5.41) is 7.74. The molecule has 0 unspecified atom stereocenters. The standard InChI is InChI=1S/C21H28N6S.HI/c1-16-17(2)28-20(26-16)15-25-21(22-3)24-14-19-23-11-13-27(19)12-7-10-18-8-5-4-6-9-18;/h4-6,8-9,11,13H,7,10,12,14-15H2,1-3H3,(H2,22,24,25);1H. The Morgan fingerprint density at radius 1 is 1.14 bits per heavy atom. The second-order valence-electron chi connectivity index (χ2n) is 6.65. The number of rotatable bonds is 8. The van der Waals surface area contributed by atoms with E-state index in [0.717, 1.165) is 41.9 Å². The van der Waals surface area contributed by atoms with Crippen LogP contribution in [-0.2, 0) is 26.1 Å². The number of halogens is 1. The maximum atomic E-state index is 4.56. The monoisotopic (exact) mass is 524 g/mol. The molecule has 0 amide bonds. The topological polar surface area (TPSA) is 67.1 Å². The van der Waals surface area contributed by atoms with Crippen LogP contribution in [0, 0.1) is 13.8 Å². The van der Waals surface area contributed by atoms with Gasteiger partial charge in [-0.05, 0) is 32.3 Å². The predicted molar refractivity (Wildman–Crippen MR) is 131 cm³/mol. The highest BCUT2D eigenvalue weighted by Gasteiger charge is 2.07. The van der Waals surface area contributed by atoms with Crippen molar-refractivity contribution < 1.29 is 0 Å². The van der Waals surface area contributed by atoms with Gasteiger partial charge in [0.2, 0.25) is 0 Å². The molecule has 0 radical (unpaired) electrons. The summed E-state index contributed by atoms with van der Waals surface area (Å²) in [6.07, 6.45) is 6.06. The summed E-state index contributed by atoms with van der Waals surface area (Å²) in [7, 11) is 1.78. The number of aryl methyl sites for hydroxylation is 4. The zero-order valence-electron chi connectivity index (χ0n) is 17.2. The molecule has 0 spiro atoms. The molecular weight excluding hydrogens is 495 g/mol. The highest BCUT2D eigenvalue weighted by molar-refractivity contribution is 14.0. The first-order valence-corrected chi connectivity index (χ1v) is 10.4. The van der Waals surface area contributed by atoms with Crippen LogP contribution in [0.25, 0.3) is 0 Å². The van der Waals surface area contributed by atoms with Gasteiger partial charge in [-0.3, -0.25) is 4.99 Å². The Bertz CT molecular complexity index is 884. The molecule has 0 aliphatic carbocycles. The van der Waals surface area contributed by atoms with Gasteiger partial charge >= 0.3 is 0 Å². The molecule has 6 nitrogen and oxygen atoms in total. The second kappa shape index (κ2) is 11.9. The fourth-order valence-electron chi connectivity index (χ4n) is 2.97. The van der Waals surface area contributed by atoms with Crippen molar-refractivity contribution in [3.63, 3.8) is 0 Å². The van der Waals surface area contributed by atoms with Crippen molar-refractivity contribution in [3.8, 4) is 0 Å². The summed E-state index contributed by atoms with van der Waals surface area (Å²) >= 11 is 1.72. The van der Waals surface area contributed by atoms with E-state index in [9.17, 15) is 0 Å². The number of aromatic nitrogens is 3. The van der Waals surface area contributed by atoms with E-state index in [1.807, 2.05) is 19.3 Å². The van der Waals surface area contributed by atoms with Crippen molar-refractivity contribution in [2.45, 2.75) is 46.3 Å². The highest BCUT2D eigenvalue weighted by atomic mass is 127. The quantitative estimate of drug-likeness (QED) is 0.265. The normalized spacial score (nSPS) is 11.2. The maximum absolute atomic E-state index is 4.56. The number of benzene rings is 1. The minimum absolute atomic E-state index is 0. The molecule has 2 N–H and O–H groups in total. The molecule has 0 fully saturated rings. The lowest BCUT2D eigenvalue weighted by Crippen LogP contribution is -2.37. The lowest BCUT2D eigenvalue weighted by atomic mass is 10.1. The Hall–Kier alpha value is -1.94. The van der Waals surface area contributed by atoms with Gasteiger partial charge in [0.1, 0.15) is 10.8 Å². The number of thiazole rings is 1. The van der Waals surface area contributed by atoms with Gasteiger partial charge < -0.3 is 15.2 Å². The van der Waals surface area contributed by atoms with Crippen molar-refractivity contribution in [3.05, 3.63) is 69.7 Å². The zero-order valence-corrected chi connectivity index (χ0v) is 20.3. The van der Waals surface area contributed by atoms with Crippen molar-refractivity contribution in [1.82, 2.24) is 25.2 Å². The maximum Gasteiger partial charge on any atom is 0.191 e. The molecule has 2 heterocycles. The zero-order chi connectivity index (χ0) is 19.8. The summed E-state index contributed by atoms with van der Waals surface area (Å²) in [6.45, 7) is 6.40. The fraction of sp³-hybridized carbons (Fsp3) is 0.381. The summed E-state index contributed by atoms with van der Waals surface area (Å²) < 4.78 is 2.21. The largest absolute Gasteiger partial charge is 0.350 e. The van der Waals surface area contributed by atoms with Crippen molar-refractivity contribution in [1.29, 1.82) is 0 Å². The molecule has 0 atom stereocenters. The van der Waals surface area contributed by atoms with Crippen LogP contribution in [0.1, 0.15) is 33.4 Å². The average molecular weight is 524 g/mol. The lowest BCUT2D eigenvalue weighted by molar-refractivity contribution is 0.600. The molecule has 0 bridgehead atoms. The summed E-state index contributed by atoms with van der Waals surface area (Å²) in [6, 6.07) is 10.6. The summed E-state index contributed by atoms with van der Waals surface area (Å²) in [5.74, 6) is 1.77. The number of guanidine groups is 1. The molecule has 0 aliphatic rings. The number of hydrogen-bond donors (Lipinski definition) is 2. The molecule has 2 aromatic heterocycles.